The van der Waals surface area contributed by atoms with E-state index in [9.17, 15) is 4.39 Å². The molecule has 7 heteroatoms. The maximum atomic E-state index is 12.9. The predicted octanol–water partition coefficient (Wildman–Crippen LogP) is 2.97. The molecule has 6 nitrogen and oxygen atoms in total. The summed E-state index contributed by atoms with van der Waals surface area (Å²) in [5, 5.41) is 0. The molecular weight excluding hydrogens is 321 g/mol. The molecule has 0 bridgehead atoms. The molecule has 0 aromatic carbocycles. The van der Waals surface area contributed by atoms with Gasteiger partial charge in [0.1, 0.15) is 6.33 Å². The molecule has 132 valence electrons. The third kappa shape index (κ3) is 3.86. The molecular formula is C18H22FN5O. The zero-order valence-corrected chi connectivity index (χ0v) is 14.1. The van der Waals surface area contributed by atoms with Crippen molar-refractivity contribution in [3.05, 3.63) is 36.3 Å². The minimum absolute atomic E-state index is 0.404. The first-order valence-electron chi connectivity index (χ1n) is 8.95. The summed E-state index contributed by atoms with van der Waals surface area (Å²) in [6.45, 7) is 2.38. The average molecular weight is 343 g/mol. The molecule has 2 aliphatic rings. The second-order valence-electron chi connectivity index (χ2n) is 6.85. The summed E-state index contributed by atoms with van der Waals surface area (Å²) in [6.07, 6.45) is 9.78. The molecule has 0 spiro atoms. The standard InChI is InChI=1S/C18H22FN5O/c19-15-9-20-18(21-10-15)24-6-4-13(5-7-24)11-25-17-8-16(22-12-23-17)14-2-1-3-14/h8-10,12-14H,1-7,11H2. The highest BCUT2D eigenvalue weighted by atomic mass is 19.1. The minimum atomic E-state index is -0.404. The number of hydrogen-bond acceptors (Lipinski definition) is 6. The molecule has 0 amide bonds. The number of rotatable bonds is 5. The normalized spacial score (nSPS) is 18.8. The Hall–Kier alpha value is -2.31. The van der Waals surface area contributed by atoms with Gasteiger partial charge in [0.15, 0.2) is 5.82 Å². The van der Waals surface area contributed by atoms with Gasteiger partial charge in [-0.15, -0.1) is 0 Å². The summed E-state index contributed by atoms with van der Waals surface area (Å²) < 4.78 is 18.8. The SMILES string of the molecule is Fc1cnc(N2CCC(COc3cc(C4CCC4)ncn3)CC2)nc1. The predicted molar refractivity (Wildman–Crippen MR) is 91.0 cm³/mol. The van der Waals surface area contributed by atoms with Crippen molar-refractivity contribution in [3.8, 4) is 5.88 Å². The van der Waals surface area contributed by atoms with E-state index in [-0.39, 0.29) is 0 Å². The molecule has 0 radical (unpaired) electrons. The van der Waals surface area contributed by atoms with E-state index in [0.717, 1.165) is 31.6 Å². The van der Waals surface area contributed by atoms with Gasteiger partial charge in [0.05, 0.1) is 24.7 Å². The Morgan fingerprint density at radius 2 is 1.80 bits per heavy atom. The van der Waals surface area contributed by atoms with Crippen LogP contribution in [0.3, 0.4) is 0 Å². The topological polar surface area (TPSA) is 64.0 Å². The Balaban J connectivity index is 1.27. The smallest absolute Gasteiger partial charge is 0.225 e. The first-order chi connectivity index (χ1) is 12.3. The molecule has 1 aliphatic heterocycles. The van der Waals surface area contributed by atoms with E-state index in [1.54, 1.807) is 6.33 Å². The van der Waals surface area contributed by atoms with E-state index < -0.39 is 5.82 Å². The highest BCUT2D eigenvalue weighted by Crippen LogP contribution is 2.35. The van der Waals surface area contributed by atoms with Crippen LogP contribution in [0, 0.1) is 11.7 Å². The first-order valence-corrected chi connectivity index (χ1v) is 8.95. The molecule has 1 saturated carbocycles. The van der Waals surface area contributed by atoms with E-state index in [1.807, 2.05) is 6.07 Å². The molecule has 0 atom stereocenters. The average Bonchev–Trinajstić information content (AvgIpc) is 2.60. The lowest BCUT2D eigenvalue weighted by atomic mass is 9.83. The van der Waals surface area contributed by atoms with E-state index in [2.05, 4.69) is 24.8 Å². The molecule has 0 unspecified atom stereocenters. The lowest BCUT2D eigenvalue weighted by Gasteiger charge is -2.31. The zero-order valence-electron chi connectivity index (χ0n) is 14.1. The lowest BCUT2D eigenvalue weighted by molar-refractivity contribution is 0.214. The Morgan fingerprint density at radius 1 is 1.04 bits per heavy atom. The second-order valence-corrected chi connectivity index (χ2v) is 6.85. The highest BCUT2D eigenvalue weighted by molar-refractivity contribution is 5.29. The van der Waals surface area contributed by atoms with E-state index >= 15 is 0 Å². The van der Waals surface area contributed by atoms with Crippen molar-refractivity contribution in [3.63, 3.8) is 0 Å². The van der Waals surface area contributed by atoms with Crippen LogP contribution >= 0.6 is 0 Å². The van der Waals surface area contributed by atoms with Crippen LogP contribution in [0.25, 0.3) is 0 Å². The maximum Gasteiger partial charge on any atom is 0.225 e. The maximum absolute atomic E-state index is 12.9. The molecule has 1 aliphatic carbocycles. The van der Waals surface area contributed by atoms with Crippen molar-refractivity contribution < 1.29 is 9.13 Å². The van der Waals surface area contributed by atoms with Gasteiger partial charge in [0, 0.05) is 25.1 Å². The van der Waals surface area contributed by atoms with Gasteiger partial charge in [0.2, 0.25) is 11.8 Å². The van der Waals surface area contributed by atoms with Crippen LogP contribution < -0.4 is 9.64 Å². The monoisotopic (exact) mass is 343 g/mol. The van der Waals surface area contributed by atoms with Gasteiger partial charge in [-0.25, -0.2) is 24.3 Å². The third-order valence-electron chi connectivity index (χ3n) is 5.16. The number of halogens is 1. The third-order valence-corrected chi connectivity index (χ3v) is 5.16. The van der Waals surface area contributed by atoms with Crippen molar-refractivity contribution in [2.75, 3.05) is 24.6 Å². The van der Waals surface area contributed by atoms with Crippen molar-refractivity contribution in [2.45, 2.75) is 38.0 Å². The van der Waals surface area contributed by atoms with Crippen LogP contribution in [0.15, 0.2) is 24.8 Å². The molecule has 1 saturated heterocycles. The number of anilines is 1. The van der Waals surface area contributed by atoms with Crippen molar-refractivity contribution in [2.24, 2.45) is 5.92 Å². The van der Waals surface area contributed by atoms with E-state index in [4.69, 9.17) is 4.74 Å². The second kappa shape index (κ2) is 7.29. The fourth-order valence-electron chi connectivity index (χ4n) is 3.33. The van der Waals surface area contributed by atoms with Crippen molar-refractivity contribution in [1.82, 2.24) is 19.9 Å². The van der Waals surface area contributed by atoms with Gasteiger partial charge in [0.25, 0.3) is 0 Å². The number of aromatic nitrogens is 4. The Morgan fingerprint density at radius 3 is 2.48 bits per heavy atom. The molecule has 2 aromatic rings. The Bertz CT molecular complexity index is 699. The van der Waals surface area contributed by atoms with E-state index in [0.29, 0.717) is 30.3 Å². The summed E-state index contributed by atoms with van der Waals surface area (Å²) in [7, 11) is 0. The van der Waals surface area contributed by atoms with Crippen LogP contribution in [0.5, 0.6) is 5.88 Å². The van der Waals surface area contributed by atoms with Crippen LogP contribution in [0.4, 0.5) is 10.3 Å². The molecule has 0 N–H and O–H groups in total. The molecule has 2 aromatic heterocycles. The lowest BCUT2D eigenvalue weighted by Crippen LogP contribution is -2.36. The van der Waals surface area contributed by atoms with Gasteiger partial charge in [-0.3, -0.25) is 0 Å². The van der Waals surface area contributed by atoms with Gasteiger partial charge in [-0.2, -0.15) is 0 Å². The Kier molecular flexibility index (Phi) is 4.72. The van der Waals surface area contributed by atoms with Gasteiger partial charge >= 0.3 is 0 Å². The van der Waals surface area contributed by atoms with Crippen molar-refractivity contribution in [1.29, 1.82) is 0 Å². The first kappa shape index (κ1) is 16.2. The van der Waals surface area contributed by atoms with E-state index in [1.165, 1.54) is 31.7 Å². The number of hydrogen-bond donors (Lipinski definition) is 0. The summed E-state index contributed by atoms with van der Waals surface area (Å²) >= 11 is 0. The van der Waals surface area contributed by atoms with Crippen LogP contribution in [0.2, 0.25) is 0 Å². The molecule has 2 fully saturated rings. The van der Waals surface area contributed by atoms with Crippen molar-refractivity contribution >= 4 is 5.95 Å². The van der Waals surface area contributed by atoms with Crippen LogP contribution in [0.1, 0.15) is 43.7 Å². The van der Waals surface area contributed by atoms with Crippen LogP contribution in [-0.2, 0) is 0 Å². The molecule has 25 heavy (non-hydrogen) atoms. The van der Waals surface area contributed by atoms with Crippen LogP contribution in [-0.4, -0.2) is 39.6 Å². The minimum Gasteiger partial charge on any atom is -0.477 e. The zero-order chi connectivity index (χ0) is 17.1. The highest BCUT2D eigenvalue weighted by Gasteiger charge is 2.23. The summed E-state index contributed by atoms with van der Waals surface area (Å²) in [4.78, 5) is 18.8. The van der Waals surface area contributed by atoms with Gasteiger partial charge in [-0.1, -0.05) is 6.42 Å². The number of ether oxygens (including phenoxy) is 1. The quantitative estimate of drug-likeness (QED) is 0.832. The summed E-state index contributed by atoms with van der Waals surface area (Å²) in [5.41, 5.74) is 1.11. The summed E-state index contributed by atoms with van der Waals surface area (Å²) in [6, 6.07) is 1.99. The summed E-state index contributed by atoms with van der Waals surface area (Å²) in [5.74, 6) is 1.95. The molecule has 3 heterocycles. The fourth-order valence-corrected chi connectivity index (χ4v) is 3.33. The Labute approximate surface area is 146 Å². The largest absolute Gasteiger partial charge is 0.477 e. The van der Waals surface area contributed by atoms with Gasteiger partial charge < -0.3 is 9.64 Å². The fraction of sp³-hybridized carbons (Fsp3) is 0.556. The number of piperidine rings is 1. The number of nitrogens with zero attached hydrogens (tertiary/aromatic N) is 5. The molecule has 4 rings (SSSR count). The van der Waals surface area contributed by atoms with Gasteiger partial charge in [-0.05, 0) is 31.6 Å².